The highest BCUT2D eigenvalue weighted by Gasteiger charge is 2.49. The van der Waals surface area contributed by atoms with Crippen LogP contribution >= 0.6 is 11.6 Å². The second-order valence-electron chi connectivity index (χ2n) is 9.43. The highest BCUT2D eigenvalue weighted by molar-refractivity contribution is 7.23. The summed E-state index contributed by atoms with van der Waals surface area (Å²) in [5, 5.41) is 9.14. The first-order valence-corrected chi connectivity index (χ1v) is 14.7. The molecule has 0 saturated carbocycles. The number of hydrogen-bond donors (Lipinski definition) is 0. The molecule has 170 valence electrons. The Bertz CT molecular complexity index is 1750. The molecule has 0 spiro atoms. The fourth-order valence-electron chi connectivity index (χ4n) is 6.14. The van der Waals surface area contributed by atoms with E-state index in [1.54, 1.807) is 0 Å². The Morgan fingerprint density at radius 2 is 1.08 bits per heavy atom. The fraction of sp³-hybridized carbons (Fsp3) is 0. The molecule has 1 heterocycles. The van der Waals surface area contributed by atoms with E-state index in [-0.39, 0.29) is 0 Å². The predicted molar refractivity (Wildman–Crippen MR) is 157 cm³/mol. The van der Waals surface area contributed by atoms with Crippen molar-refractivity contribution in [2.24, 2.45) is 0 Å². The number of benzene rings is 6. The van der Waals surface area contributed by atoms with Gasteiger partial charge in [-0.3, -0.25) is 0 Å². The standard InChI is InChI=1S/C34H23ClSi/c35-31-18-8-6-15-27(31)25-21-22-30-29-17-7-9-19-33(29)36(34(30)23-25,26-13-2-1-3-14-26)32-20-10-12-24-11-4-5-16-28(24)32/h1-23H. The van der Waals surface area contributed by atoms with Gasteiger partial charge in [0.15, 0.2) is 8.07 Å². The molecule has 2 heteroatoms. The summed E-state index contributed by atoms with van der Waals surface area (Å²) in [5.41, 5.74) is 4.93. The van der Waals surface area contributed by atoms with Crippen molar-refractivity contribution in [2.45, 2.75) is 0 Å². The van der Waals surface area contributed by atoms with Crippen molar-refractivity contribution < 1.29 is 0 Å². The Hall–Kier alpha value is -3.91. The molecule has 6 aromatic carbocycles. The van der Waals surface area contributed by atoms with Gasteiger partial charge in [-0.15, -0.1) is 0 Å². The largest absolute Gasteiger partial charge is 0.181 e. The SMILES string of the molecule is Clc1ccccc1-c1ccc2c(c1)[Si](c1ccccc1)(c1cccc3ccccc13)c1ccccc1-2. The monoisotopic (exact) mass is 494 g/mol. The highest BCUT2D eigenvalue weighted by Crippen LogP contribution is 2.34. The molecule has 1 atom stereocenters. The zero-order valence-electron chi connectivity index (χ0n) is 19.7. The summed E-state index contributed by atoms with van der Waals surface area (Å²) in [5.74, 6) is 0. The maximum Gasteiger partial charge on any atom is 0.181 e. The van der Waals surface area contributed by atoms with Crippen LogP contribution in [0, 0.1) is 0 Å². The zero-order valence-corrected chi connectivity index (χ0v) is 21.4. The third-order valence-electron chi connectivity index (χ3n) is 7.63. The average Bonchev–Trinajstić information content (AvgIpc) is 3.24. The van der Waals surface area contributed by atoms with E-state index >= 15 is 0 Å². The number of rotatable bonds is 3. The van der Waals surface area contributed by atoms with E-state index in [0.29, 0.717) is 0 Å². The lowest BCUT2D eigenvalue weighted by atomic mass is 10.0. The molecule has 0 fully saturated rings. The van der Waals surface area contributed by atoms with Crippen LogP contribution in [0.4, 0.5) is 0 Å². The number of fused-ring (bicyclic) bond motifs is 4. The predicted octanol–water partition coefficient (Wildman–Crippen LogP) is 6.52. The van der Waals surface area contributed by atoms with Crippen LogP contribution in [-0.4, -0.2) is 8.07 Å². The van der Waals surface area contributed by atoms with Crippen molar-refractivity contribution in [1.29, 1.82) is 0 Å². The Balaban J connectivity index is 1.66. The van der Waals surface area contributed by atoms with Crippen molar-refractivity contribution >= 4 is 51.2 Å². The smallest absolute Gasteiger partial charge is 0.0837 e. The lowest BCUT2D eigenvalue weighted by Crippen LogP contribution is -2.73. The molecule has 0 saturated heterocycles. The normalized spacial score (nSPS) is 16.0. The van der Waals surface area contributed by atoms with Gasteiger partial charge >= 0.3 is 0 Å². The molecular weight excluding hydrogens is 472 g/mol. The summed E-state index contributed by atoms with van der Waals surface area (Å²) >= 11 is 6.69. The van der Waals surface area contributed by atoms with Gasteiger partial charge in [0.25, 0.3) is 0 Å². The molecule has 1 unspecified atom stereocenters. The van der Waals surface area contributed by atoms with E-state index in [2.05, 4.69) is 127 Å². The third-order valence-corrected chi connectivity index (χ3v) is 12.9. The number of hydrogen-bond acceptors (Lipinski definition) is 0. The fourth-order valence-corrected chi connectivity index (χ4v) is 11.8. The van der Waals surface area contributed by atoms with Crippen molar-refractivity contribution in [2.75, 3.05) is 0 Å². The van der Waals surface area contributed by atoms with Gasteiger partial charge < -0.3 is 0 Å². The zero-order chi connectivity index (χ0) is 24.1. The Kier molecular flexibility index (Phi) is 4.95. The quantitative estimate of drug-likeness (QED) is 0.245. The summed E-state index contributed by atoms with van der Waals surface area (Å²) in [6.45, 7) is 0. The summed E-state index contributed by atoms with van der Waals surface area (Å²) in [6, 6.07) is 51.0. The topological polar surface area (TPSA) is 0 Å². The molecule has 0 radical (unpaired) electrons. The molecule has 36 heavy (non-hydrogen) atoms. The maximum atomic E-state index is 6.69. The summed E-state index contributed by atoms with van der Waals surface area (Å²) in [4.78, 5) is 0. The molecule has 0 aromatic heterocycles. The lowest BCUT2D eigenvalue weighted by Gasteiger charge is -2.32. The van der Waals surface area contributed by atoms with Gasteiger partial charge in [-0.1, -0.05) is 145 Å². The molecule has 1 aliphatic heterocycles. The van der Waals surface area contributed by atoms with Crippen LogP contribution in [0.5, 0.6) is 0 Å². The van der Waals surface area contributed by atoms with Gasteiger partial charge in [0.1, 0.15) is 0 Å². The molecule has 0 amide bonds. The van der Waals surface area contributed by atoms with Crippen LogP contribution in [0.3, 0.4) is 0 Å². The third kappa shape index (κ3) is 3.00. The molecule has 0 bridgehead atoms. The van der Waals surface area contributed by atoms with Crippen molar-refractivity contribution in [3.63, 3.8) is 0 Å². The van der Waals surface area contributed by atoms with Crippen molar-refractivity contribution in [3.8, 4) is 22.3 Å². The van der Waals surface area contributed by atoms with Gasteiger partial charge in [-0.2, -0.15) is 0 Å². The van der Waals surface area contributed by atoms with Gasteiger partial charge in [0.05, 0.1) is 0 Å². The molecule has 0 nitrogen and oxygen atoms in total. The molecule has 7 rings (SSSR count). The van der Waals surface area contributed by atoms with E-state index in [4.69, 9.17) is 11.6 Å². The second kappa shape index (κ2) is 8.34. The first-order valence-electron chi connectivity index (χ1n) is 12.3. The summed E-state index contributed by atoms with van der Waals surface area (Å²) < 4.78 is 0. The van der Waals surface area contributed by atoms with E-state index < -0.39 is 8.07 Å². The molecule has 0 aliphatic carbocycles. The number of halogens is 1. The van der Waals surface area contributed by atoms with E-state index in [9.17, 15) is 0 Å². The highest BCUT2D eigenvalue weighted by atomic mass is 35.5. The van der Waals surface area contributed by atoms with Gasteiger partial charge in [-0.25, -0.2) is 0 Å². The van der Waals surface area contributed by atoms with Crippen LogP contribution in [-0.2, 0) is 0 Å². The van der Waals surface area contributed by atoms with Crippen LogP contribution in [0.2, 0.25) is 5.02 Å². The minimum absolute atomic E-state index is 0.782. The van der Waals surface area contributed by atoms with Crippen LogP contribution < -0.4 is 20.7 Å². The minimum atomic E-state index is -2.62. The Morgan fingerprint density at radius 1 is 0.444 bits per heavy atom. The molecule has 6 aromatic rings. The second-order valence-corrected chi connectivity index (χ2v) is 13.5. The van der Waals surface area contributed by atoms with Crippen LogP contribution in [0.25, 0.3) is 33.0 Å². The van der Waals surface area contributed by atoms with Crippen LogP contribution in [0.15, 0.2) is 140 Å². The van der Waals surface area contributed by atoms with Crippen molar-refractivity contribution in [3.05, 3.63) is 145 Å². The summed E-state index contributed by atoms with van der Waals surface area (Å²) in [6.07, 6.45) is 0. The lowest BCUT2D eigenvalue weighted by molar-refractivity contribution is 1.63. The van der Waals surface area contributed by atoms with Gasteiger partial charge in [-0.05, 0) is 54.3 Å². The van der Waals surface area contributed by atoms with Crippen molar-refractivity contribution in [1.82, 2.24) is 0 Å². The van der Waals surface area contributed by atoms with Gasteiger partial charge in [0, 0.05) is 10.6 Å². The van der Waals surface area contributed by atoms with Gasteiger partial charge in [0.2, 0.25) is 0 Å². The molecule has 0 N–H and O–H groups in total. The van der Waals surface area contributed by atoms with E-state index in [0.717, 1.165) is 10.6 Å². The first-order chi connectivity index (χ1) is 17.8. The minimum Gasteiger partial charge on any atom is -0.0837 e. The maximum absolute atomic E-state index is 6.69. The Morgan fingerprint density at radius 3 is 1.94 bits per heavy atom. The van der Waals surface area contributed by atoms with E-state index in [1.165, 1.54) is 48.2 Å². The first kappa shape index (κ1) is 21.4. The Labute approximate surface area is 217 Å². The summed E-state index contributed by atoms with van der Waals surface area (Å²) in [7, 11) is -2.62. The van der Waals surface area contributed by atoms with E-state index in [1.807, 2.05) is 12.1 Å². The molecular formula is C34H23ClSi. The van der Waals surface area contributed by atoms with Crippen LogP contribution in [0.1, 0.15) is 0 Å². The average molecular weight is 495 g/mol. The molecule has 1 aliphatic rings.